The number of aromatic amines is 1. The summed E-state index contributed by atoms with van der Waals surface area (Å²) in [5.74, 6) is 0.934. The quantitative estimate of drug-likeness (QED) is 0.334. The summed E-state index contributed by atoms with van der Waals surface area (Å²) in [5.41, 5.74) is 8.83. The van der Waals surface area contributed by atoms with Gasteiger partial charge in [0.2, 0.25) is 11.7 Å². The van der Waals surface area contributed by atoms with Gasteiger partial charge in [-0.2, -0.15) is 5.10 Å². The Balaban J connectivity index is 1.21. The molecule has 3 N–H and O–H groups in total. The van der Waals surface area contributed by atoms with Crippen LogP contribution in [-0.2, 0) is 4.74 Å². The molecule has 1 amide bonds. The zero-order chi connectivity index (χ0) is 26.1. The van der Waals surface area contributed by atoms with E-state index in [-0.39, 0.29) is 23.1 Å². The molecule has 6 rings (SSSR count). The van der Waals surface area contributed by atoms with E-state index in [1.54, 1.807) is 47.5 Å². The average Bonchev–Trinajstić information content (AvgIpc) is 3.57. The number of hydrogen-bond donors (Lipinski definition) is 2. The SMILES string of the molecule is Nc1c(C(=O)c2cc3cc(C(=O)N4CCOCC4)ccc3[nH]2)cnn1-c1ccc(Oc2ccccc2)nc1. The van der Waals surface area contributed by atoms with E-state index in [1.165, 1.54) is 10.9 Å². The summed E-state index contributed by atoms with van der Waals surface area (Å²) < 4.78 is 12.5. The molecule has 190 valence electrons. The van der Waals surface area contributed by atoms with Crippen LogP contribution in [0.5, 0.6) is 11.6 Å². The minimum atomic E-state index is -0.303. The van der Waals surface area contributed by atoms with Crippen molar-refractivity contribution in [1.82, 2.24) is 24.6 Å². The normalized spacial score (nSPS) is 13.5. The number of nitrogens with one attached hydrogen (secondary N) is 1. The van der Waals surface area contributed by atoms with Crippen LogP contribution < -0.4 is 10.5 Å². The van der Waals surface area contributed by atoms with E-state index in [9.17, 15) is 9.59 Å². The zero-order valence-corrected chi connectivity index (χ0v) is 20.3. The number of nitrogens with zero attached hydrogens (tertiary/aromatic N) is 4. The van der Waals surface area contributed by atoms with Gasteiger partial charge in [-0.05, 0) is 42.5 Å². The lowest BCUT2D eigenvalue weighted by molar-refractivity contribution is 0.0303. The lowest BCUT2D eigenvalue weighted by atomic mass is 10.1. The number of ketones is 1. The summed E-state index contributed by atoms with van der Waals surface area (Å²) in [6.07, 6.45) is 3.01. The van der Waals surface area contributed by atoms with Crippen LogP contribution in [0.25, 0.3) is 16.6 Å². The number of nitrogen functional groups attached to an aromatic ring is 1. The maximum Gasteiger partial charge on any atom is 0.254 e. The number of ether oxygens (including phenoxy) is 2. The number of fused-ring (bicyclic) bond motifs is 1. The Hall–Kier alpha value is -4.96. The molecule has 0 bridgehead atoms. The standard InChI is InChI=1S/C28H24N6O4/c29-27-22(17-31-34(27)20-7-9-25(30-16-20)38-21-4-2-1-3-5-21)26(35)24-15-19-14-18(6-8-23(19)32-24)28(36)33-10-12-37-13-11-33/h1-9,14-17,32H,10-13,29H2. The molecule has 0 spiro atoms. The molecule has 0 unspecified atom stereocenters. The van der Waals surface area contributed by atoms with Crippen LogP contribution in [0, 0.1) is 0 Å². The second-order valence-corrected chi connectivity index (χ2v) is 8.84. The monoisotopic (exact) mass is 508 g/mol. The van der Waals surface area contributed by atoms with Crippen molar-refractivity contribution in [2.45, 2.75) is 0 Å². The van der Waals surface area contributed by atoms with Gasteiger partial charge in [0.05, 0.1) is 42.6 Å². The molecule has 0 aliphatic carbocycles. The highest BCUT2D eigenvalue weighted by Crippen LogP contribution is 2.25. The topological polar surface area (TPSA) is 128 Å². The van der Waals surface area contributed by atoms with Crippen molar-refractivity contribution in [2.24, 2.45) is 0 Å². The fourth-order valence-electron chi connectivity index (χ4n) is 4.39. The molecule has 4 heterocycles. The molecule has 0 atom stereocenters. The number of nitrogens with two attached hydrogens (primary N) is 1. The van der Waals surface area contributed by atoms with Crippen molar-refractivity contribution >= 4 is 28.4 Å². The summed E-state index contributed by atoms with van der Waals surface area (Å²) in [6.45, 7) is 2.20. The van der Waals surface area contributed by atoms with Crippen molar-refractivity contribution in [2.75, 3.05) is 32.0 Å². The lowest BCUT2D eigenvalue weighted by Gasteiger charge is -2.26. The molecular formula is C28H24N6O4. The fraction of sp³-hybridized carbons (Fsp3) is 0.143. The van der Waals surface area contributed by atoms with Gasteiger partial charge in [0, 0.05) is 35.6 Å². The number of pyridine rings is 1. The number of H-pyrrole nitrogens is 1. The first-order valence-corrected chi connectivity index (χ1v) is 12.1. The van der Waals surface area contributed by atoms with Crippen molar-refractivity contribution in [3.63, 3.8) is 0 Å². The molecule has 0 radical (unpaired) electrons. The van der Waals surface area contributed by atoms with Gasteiger partial charge in [0.25, 0.3) is 5.91 Å². The van der Waals surface area contributed by atoms with Crippen LogP contribution >= 0.6 is 0 Å². The third-order valence-electron chi connectivity index (χ3n) is 6.39. The van der Waals surface area contributed by atoms with E-state index in [0.29, 0.717) is 54.9 Å². The average molecular weight is 509 g/mol. The van der Waals surface area contributed by atoms with E-state index >= 15 is 0 Å². The lowest BCUT2D eigenvalue weighted by Crippen LogP contribution is -2.40. The highest BCUT2D eigenvalue weighted by atomic mass is 16.5. The molecule has 10 heteroatoms. The van der Waals surface area contributed by atoms with Gasteiger partial charge in [-0.15, -0.1) is 0 Å². The third kappa shape index (κ3) is 4.48. The Labute approximate surface area is 217 Å². The molecule has 1 saturated heterocycles. The van der Waals surface area contributed by atoms with Gasteiger partial charge >= 0.3 is 0 Å². The number of carbonyl (C=O) groups excluding carboxylic acids is 2. The Kier molecular flexibility index (Phi) is 6.06. The summed E-state index contributed by atoms with van der Waals surface area (Å²) in [7, 11) is 0. The highest BCUT2D eigenvalue weighted by molar-refractivity contribution is 6.13. The number of amides is 1. The minimum absolute atomic E-state index is 0.0522. The number of hydrogen-bond acceptors (Lipinski definition) is 7. The molecule has 0 saturated carbocycles. The fourth-order valence-corrected chi connectivity index (χ4v) is 4.39. The Morgan fingerprint density at radius 2 is 1.79 bits per heavy atom. The minimum Gasteiger partial charge on any atom is -0.439 e. The van der Waals surface area contributed by atoms with Crippen LogP contribution in [0.3, 0.4) is 0 Å². The van der Waals surface area contributed by atoms with E-state index in [4.69, 9.17) is 15.2 Å². The van der Waals surface area contributed by atoms with Crippen LogP contribution in [0.4, 0.5) is 5.82 Å². The Morgan fingerprint density at radius 1 is 0.974 bits per heavy atom. The van der Waals surface area contributed by atoms with Gasteiger partial charge in [0.15, 0.2) is 0 Å². The summed E-state index contributed by atoms with van der Waals surface area (Å²) in [5, 5.41) is 5.07. The smallest absolute Gasteiger partial charge is 0.254 e. The zero-order valence-electron chi connectivity index (χ0n) is 20.3. The molecule has 1 aliphatic rings. The predicted molar refractivity (Wildman–Crippen MR) is 141 cm³/mol. The first kappa shape index (κ1) is 23.4. The Morgan fingerprint density at radius 3 is 2.55 bits per heavy atom. The highest BCUT2D eigenvalue weighted by Gasteiger charge is 2.22. The van der Waals surface area contributed by atoms with Crippen molar-refractivity contribution in [3.8, 4) is 17.3 Å². The number of morpholine rings is 1. The van der Waals surface area contributed by atoms with Crippen LogP contribution in [0.15, 0.2) is 79.1 Å². The Bertz CT molecular complexity index is 1620. The molecular weight excluding hydrogens is 484 g/mol. The molecule has 38 heavy (non-hydrogen) atoms. The first-order chi connectivity index (χ1) is 18.6. The van der Waals surface area contributed by atoms with Gasteiger partial charge in [0.1, 0.15) is 11.6 Å². The molecule has 2 aromatic carbocycles. The summed E-state index contributed by atoms with van der Waals surface area (Å²) in [6, 6.07) is 19.9. The molecule has 3 aromatic heterocycles. The summed E-state index contributed by atoms with van der Waals surface area (Å²) >= 11 is 0. The summed E-state index contributed by atoms with van der Waals surface area (Å²) in [4.78, 5) is 35.4. The molecule has 10 nitrogen and oxygen atoms in total. The maximum absolute atomic E-state index is 13.3. The van der Waals surface area contributed by atoms with Gasteiger partial charge in [-0.1, -0.05) is 18.2 Å². The van der Waals surface area contributed by atoms with E-state index in [2.05, 4.69) is 15.1 Å². The number of para-hydroxylation sites is 1. The van der Waals surface area contributed by atoms with Gasteiger partial charge < -0.3 is 25.1 Å². The number of benzene rings is 2. The van der Waals surface area contributed by atoms with Crippen molar-refractivity contribution in [1.29, 1.82) is 0 Å². The third-order valence-corrected chi connectivity index (χ3v) is 6.39. The van der Waals surface area contributed by atoms with Crippen LogP contribution in [0.2, 0.25) is 0 Å². The molecule has 1 aliphatic heterocycles. The van der Waals surface area contributed by atoms with Crippen molar-refractivity contribution in [3.05, 3.63) is 95.9 Å². The van der Waals surface area contributed by atoms with Crippen molar-refractivity contribution < 1.29 is 19.1 Å². The first-order valence-electron chi connectivity index (χ1n) is 12.1. The van der Waals surface area contributed by atoms with E-state index < -0.39 is 0 Å². The number of rotatable bonds is 6. The van der Waals surface area contributed by atoms with E-state index in [1.807, 2.05) is 30.3 Å². The van der Waals surface area contributed by atoms with Gasteiger partial charge in [-0.3, -0.25) is 9.59 Å². The van der Waals surface area contributed by atoms with Crippen LogP contribution in [0.1, 0.15) is 26.4 Å². The molecule has 1 fully saturated rings. The number of carbonyl (C=O) groups is 2. The molecule has 5 aromatic rings. The van der Waals surface area contributed by atoms with Gasteiger partial charge in [-0.25, -0.2) is 9.67 Å². The predicted octanol–water partition coefficient (Wildman–Crippen LogP) is 3.83. The van der Waals surface area contributed by atoms with E-state index in [0.717, 1.165) is 10.9 Å². The largest absolute Gasteiger partial charge is 0.439 e. The number of anilines is 1. The second-order valence-electron chi connectivity index (χ2n) is 8.84. The second kappa shape index (κ2) is 9.83. The maximum atomic E-state index is 13.3. The number of aromatic nitrogens is 4. The van der Waals surface area contributed by atoms with Crippen LogP contribution in [-0.4, -0.2) is 62.6 Å².